The molecule has 1 heterocycles. The van der Waals surface area contributed by atoms with Crippen molar-refractivity contribution in [3.05, 3.63) is 0 Å². The van der Waals surface area contributed by atoms with E-state index in [1.54, 1.807) is 0 Å². The summed E-state index contributed by atoms with van der Waals surface area (Å²) in [5, 5.41) is 0. The lowest BCUT2D eigenvalue weighted by molar-refractivity contribution is -0.0440. The van der Waals surface area contributed by atoms with Gasteiger partial charge in [-0.3, -0.25) is 4.90 Å². The van der Waals surface area contributed by atoms with Gasteiger partial charge in [-0.25, -0.2) is 0 Å². The molecule has 0 radical (unpaired) electrons. The van der Waals surface area contributed by atoms with Gasteiger partial charge in [0.05, 0.1) is 32.0 Å². The van der Waals surface area contributed by atoms with Crippen molar-refractivity contribution in [3.8, 4) is 0 Å². The molecule has 1 rings (SSSR count). The maximum Gasteiger partial charge on any atom is 0.0647 e. The van der Waals surface area contributed by atoms with Gasteiger partial charge in [-0.2, -0.15) is 0 Å². The van der Waals surface area contributed by atoms with Gasteiger partial charge in [0.1, 0.15) is 0 Å². The Labute approximate surface area is 74.6 Å². The van der Waals surface area contributed by atoms with E-state index >= 15 is 0 Å². The maximum absolute atomic E-state index is 5.53. The van der Waals surface area contributed by atoms with E-state index in [0.717, 1.165) is 26.4 Å². The van der Waals surface area contributed by atoms with E-state index in [1.165, 1.54) is 0 Å². The van der Waals surface area contributed by atoms with Gasteiger partial charge < -0.3 is 9.47 Å². The predicted molar refractivity (Wildman–Crippen MR) is 48.3 cm³/mol. The number of nitrogens with zero attached hydrogens (tertiary/aromatic N) is 1. The summed E-state index contributed by atoms with van der Waals surface area (Å²) in [5.74, 6) is 0. The molecule has 1 saturated heterocycles. The first-order valence-corrected chi connectivity index (χ1v) is 4.59. The molecule has 0 spiro atoms. The first-order chi connectivity index (χ1) is 5.70. The van der Waals surface area contributed by atoms with Crippen molar-refractivity contribution in [2.24, 2.45) is 0 Å². The fourth-order valence-corrected chi connectivity index (χ4v) is 1.22. The third kappa shape index (κ3) is 3.09. The average molecular weight is 173 g/mol. The highest BCUT2D eigenvalue weighted by Crippen LogP contribution is 2.05. The lowest BCUT2D eigenvalue weighted by Gasteiger charge is -2.32. The number of rotatable bonds is 3. The molecule has 0 saturated carbocycles. The molecule has 0 aromatic heterocycles. The molecule has 3 nitrogen and oxygen atoms in total. The van der Waals surface area contributed by atoms with Crippen LogP contribution in [0.1, 0.15) is 13.8 Å². The Hall–Kier alpha value is -0.120. The highest BCUT2D eigenvalue weighted by atomic mass is 16.5. The molecule has 12 heavy (non-hydrogen) atoms. The van der Waals surface area contributed by atoms with Crippen molar-refractivity contribution < 1.29 is 9.47 Å². The second-order valence-electron chi connectivity index (χ2n) is 3.59. The number of ether oxygens (including phenoxy) is 2. The number of hydrogen-bond donors (Lipinski definition) is 0. The summed E-state index contributed by atoms with van der Waals surface area (Å²) in [6.45, 7) is 7.59. The monoisotopic (exact) mass is 173 g/mol. The van der Waals surface area contributed by atoms with Gasteiger partial charge in [0.2, 0.25) is 0 Å². The van der Waals surface area contributed by atoms with Gasteiger partial charge >= 0.3 is 0 Å². The van der Waals surface area contributed by atoms with Crippen LogP contribution < -0.4 is 0 Å². The van der Waals surface area contributed by atoms with Crippen LogP contribution in [0.2, 0.25) is 0 Å². The maximum atomic E-state index is 5.53. The third-order valence-corrected chi connectivity index (χ3v) is 2.14. The van der Waals surface area contributed by atoms with Crippen LogP contribution in [-0.2, 0) is 9.47 Å². The van der Waals surface area contributed by atoms with Crippen LogP contribution in [0, 0.1) is 0 Å². The zero-order valence-electron chi connectivity index (χ0n) is 8.25. The summed E-state index contributed by atoms with van der Waals surface area (Å²) < 4.78 is 10.9. The van der Waals surface area contributed by atoms with E-state index in [2.05, 4.69) is 25.8 Å². The molecule has 1 fully saturated rings. The molecule has 0 bridgehead atoms. The Kier molecular flexibility index (Phi) is 3.98. The number of likely N-dealkylation sites (N-methyl/N-ethyl adjacent to an activating group) is 1. The smallest absolute Gasteiger partial charge is 0.0647 e. The third-order valence-electron chi connectivity index (χ3n) is 2.14. The van der Waals surface area contributed by atoms with Crippen LogP contribution in [0.4, 0.5) is 0 Å². The van der Waals surface area contributed by atoms with Gasteiger partial charge in [0, 0.05) is 6.54 Å². The van der Waals surface area contributed by atoms with Crippen LogP contribution in [0.5, 0.6) is 0 Å². The van der Waals surface area contributed by atoms with Crippen molar-refractivity contribution >= 4 is 0 Å². The summed E-state index contributed by atoms with van der Waals surface area (Å²) in [5.41, 5.74) is 0. The van der Waals surface area contributed by atoms with Crippen molar-refractivity contribution in [1.82, 2.24) is 4.90 Å². The Bertz CT molecular complexity index is 128. The molecule has 1 aliphatic rings. The molecule has 0 aromatic carbocycles. The molecule has 0 aromatic rings. The van der Waals surface area contributed by atoms with Gasteiger partial charge in [-0.05, 0) is 20.9 Å². The minimum Gasteiger partial charge on any atom is -0.378 e. The van der Waals surface area contributed by atoms with Gasteiger partial charge in [-0.15, -0.1) is 0 Å². The van der Waals surface area contributed by atoms with Crippen molar-refractivity contribution in [2.75, 3.05) is 33.4 Å². The Morgan fingerprint density at radius 1 is 1.58 bits per heavy atom. The summed E-state index contributed by atoms with van der Waals surface area (Å²) in [6.07, 6.45) is 0.320. The second-order valence-corrected chi connectivity index (χ2v) is 3.59. The highest BCUT2D eigenvalue weighted by molar-refractivity contribution is 4.71. The number of morpholine rings is 1. The van der Waals surface area contributed by atoms with E-state index in [0.29, 0.717) is 12.1 Å². The summed E-state index contributed by atoms with van der Waals surface area (Å²) in [4.78, 5) is 2.30. The van der Waals surface area contributed by atoms with Gasteiger partial charge in [0.25, 0.3) is 0 Å². The molecule has 0 aliphatic carbocycles. The van der Waals surface area contributed by atoms with Crippen molar-refractivity contribution in [1.29, 1.82) is 0 Å². The molecule has 1 unspecified atom stereocenters. The topological polar surface area (TPSA) is 21.7 Å². The minimum atomic E-state index is 0.320. The Morgan fingerprint density at radius 2 is 2.33 bits per heavy atom. The molecule has 1 aliphatic heterocycles. The normalized spacial score (nSPS) is 26.5. The lowest BCUT2D eigenvalue weighted by Crippen LogP contribution is -2.45. The molecular weight excluding hydrogens is 154 g/mol. The minimum absolute atomic E-state index is 0.320. The summed E-state index contributed by atoms with van der Waals surface area (Å²) in [6, 6.07) is 0.446. The van der Waals surface area contributed by atoms with Crippen molar-refractivity contribution in [3.63, 3.8) is 0 Å². The van der Waals surface area contributed by atoms with E-state index in [1.807, 2.05) is 0 Å². The summed E-state index contributed by atoms with van der Waals surface area (Å²) in [7, 11) is 2.12. The van der Waals surface area contributed by atoms with Crippen LogP contribution in [-0.4, -0.2) is 50.5 Å². The molecule has 1 atom stereocenters. The van der Waals surface area contributed by atoms with Crippen LogP contribution in [0.25, 0.3) is 0 Å². The largest absolute Gasteiger partial charge is 0.378 e. The molecule has 0 N–H and O–H groups in total. The lowest BCUT2D eigenvalue weighted by atomic mass is 10.2. The molecule has 72 valence electrons. The summed E-state index contributed by atoms with van der Waals surface area (Å²) >= 11 is 0. The van der Waals surface area contributed by atoms with Crippen LogP contribution in [0.3, 0.4) is 0 Å². The number of hydrogen-bond acceptors (Lipinski definition) is 3. The SMILES string of the molecule is CC(C)OCC1COCCN1C. The van der Waals surface area contributed by atoms with Crippen molar-refractivity contribution in [2.45, 2.75) is 26.0 Å². The van der Waals surface area contributed by atoms with E-state index in [-0.39, 0.29) is 0 Å². The Balaban J connectivity index is 2.20. The van der Waals surface area contributed by atoms with Crippen LogP contribution >= 0.6 is 0 Å². The van der Waals surface area contributed by atoms with E-state index in [4.69, 9.17) is 9.47 Å². The van der Waals surface area contributed by atoms with Gasteiger partial charge in [0.15, 0.2) is 0 Å². The van der Waals surface area contributed by atoms with E-state index < -0.39 is 0 Å². The second kappa shape index (κ2) is 4.80. The highest BCUT2D eigenvalue weighted by Gasteiger charge is 2.19. The fraction of sp³-hybridized carbons (Fsp3) is 1.00. The zero-order chi connectivity index (χ0) is 8.97. The molecular formula is C9H19NO2. The van der Waals surface area contributed by atoms with E-state index in [9.17, 15) is 0 Å². The van der Waals surface area contributed by atoms with Crippen LogP contribution in [0.15, 0.2) is 0 Å². The van der Waals surface area contributed by atoms with Gasteiger partial charge in [-0.1, -0.05) is 0 Å². The zero-order valence-corrected chi connectivity index (χ0v) is 8.25. The predicted octanol–water partition coefficient (Wildman–Crippen LogP) is 0.742. The molecule has 0 amide bonds. The first-order valence-electron chi connectivity index (χ1n) is 4.59. The standard InChI is InChI=1S/C9H19NO2/c1-8(2)12-7-9-6-11-5-4-10(9)3/h8-9H,4-7H2,1-3H3. The average Bonchev–Trinajstić information content (AvgIpc) is 2.03. The molecule has 3 heteroatoms. The Morgan fingerprint density at radius 3 is 2.92 bits per heavy atom. The fourth-order valence-electron chi connectivity index (χ4n) is 1.22. The first kappa shape index (κ1) is 9.96. The quantitative estimate of drug-likeness (QED) is 0.628.